The van der Waals surface area contributed by atoms with Crippen molar-refractivity contribution in [2.24, 2.45) is 0 Å². The van der Waals surface area contributed by atoms with E-state index in [9.17, 15) is 9.59 Å². The van der Waals surface area contributed by atoms with E-state index in [1.807, 2.05) is 18.2 Å². The molecule has 0 aliphatic carbocycles. The molecule has 1 aliphatic heterocycles. The second kappa shape index (κ2) is 8.65. The molecule has 1 heterocycles. The fourth-order valence-corrected chi connectivity index (χ4v) is 3.22. The molecule has 28 heavy (non-hydrogen) atoms. The number of carbonyl (C=O) groups is 2. The third-order valence-corrected chi connectivity index (χ3v) is 4.81. The number of nitrogens with zero attached hydrogens (tertiary/aromatic N) is 2. The second-order valence-corrected chi connectivity index (χ2v) is 6.58. The lowest BCUT2D eigenvalue weighted by Crippen LogP contribution is -2.50. The molecule has 0 radical (unpaired) electrons. The van der Waals surface area contributed by atoms with Crippen molar-refractivity contribution in [2.45, 2.75) is 6.92 Å². The number of hydrogen-bond acceptors (Lipinski definition) is 5. The van der Waals surface area contributed by atoms with Crippen LogP contribution in [-0.2, 0) is 0 Å². The number of nitrogens with one attached hydrogen (secondary N) is 1. The minimum atomic E-state index is -0.165. The van der Waals surface area contributed by atoms with Gasteiger partial charge in [-0.05, 0) is 31.2 Å². The van der Waals surface area contributed by atoms with Gasteiger partial charge in [-0.25, -0.2) is 4.79 Å². The van der Waals surface area contributed by atoms with E-state index in [1.54, 1.807) is 43.4 Å². The quantitative estimate of drug-likeness (QED) is 0.803. The van der Waals surface area contributed by atoms with Gasteiger partial charge in [0.1, 0.15) is 11.5 Å². The van der Waals surface area contributed by atoms with Crippen LogP contribution in [0.3, 0.4) is 0 Å². The maximum atomic E-state index is 12.6. The molecule has 0 unspecified atom stereocenters. The summed E-state index contributed by atoms with van der Waals surface area (Å²) in [5.74, 6) is 1.46. The summed E-state index contributed by atoms with van der Waals surface area (Å²) in [5, 5.41) is 2.87. The Bertz CT molecular complexity index is 860. The first kappa shape index (κ1) is 19.5. The lowest BCUT2D eigenvalue weighted by atomic mass is 10.1. The predicted octanol–water partition coefficient (Wildman–Crippen LogP) is 3.26. The van der Waals surface area contributed by atoms with Crippen LogP contribution in [0, 0.1) is 0 Å². The molecule has 2 aromatic rings. The number of methoxy groups -OCH3 is 2. The Morgan fingerprint density at radius 1 is 0.964 bits per heavy atom. The Balaban J connectivity index is 1.61. The van der Waals surface area contributed by atoms with Crippen molar-refractivity contribution in [3.63, 3.8) is 0 Å². The van der Waals surface area contributed by atoms with Gasteiger partial charge in [-0.15, -0.1) is 0 Å². The Morgan fingerprint density at radius 3 is 2.36 bits per heavy atom. The normalized spacial score (nSPS) is 13.8. The second-order valence-electron chi connectivity index (χ2n) is 6.58. The van der Waals surface area contributed by atoms with Crippen LogP contribution in [-0.4, -0.2) is 57.1 Å². The predicted molar refractivity (Wildman–Crippen MR) is 109 cm³/mol. The van der Waals surface area contributed by atoms with Gasteiger partial charge < -0.3 is 24.6 Å². The van der Waals surface area contributed by atoms with Gasteiger partial charge >= 0.3 is 6.03 Å². The molecule has 2 amide bonds. The maximum absolute atomic E-state index is 12.6. The molecular formula is C21H25N3O4. The number of benzene rings is 2. The molecular weight excluding hydrogens is 358 g/mol. The van der Waals surface area contributed by atoms with Crippen LogP contribution in [0.15, 0.2) is 42.5 Å². The summed E-state index contributed by atoms with van der Waals surface area (Å²) in [4.78, 5) is 28.0. The van der Waals surface area contributed by atoms with Crippen molar-refractivity contribution < 1.29 is 19.1 Å². The number of amides is 2. The van der Waals surface area contributed by atoms with Crippen molar-refractivity contribution in [1.29, 1.82) is 0 Å². The van der Waals surface area contributed by atoms with E-state index in [2.05, 4.69) is 10.2 Å². The molecule has 0 bridgehead atoms. The average molecular weight is 383 g/mol. The van der Waals surface area contributed by atoms with Crippen molar-refractivity contribution in [3.8, 4) is 11.5 Å². The first-order valence-corrected chi connectivity index (χ1v) is 9.15. The summed E-state index contributed by atoms with van der Waals surface area (Å²) >= 11 is 0. The molecule has 1 N–H and O–H groups in total. The fraction of sp³-hybridized carbons (Fsp3) is 0.333. The number of rotatable bonds is 5. The zero-order chi connectivity index (χ0) is 20.1. The molecule has 0 atom stereocenters. The van der Waals surface area contributed by atoms with Crippen LogP contribution < -0.4 is 19.7 Å². The third-order valence-electron chi connectivity index (χ3n) is 4.81. The van der Waals surface area contributed by atoms with Crippen LogP contribution in [0.25, 0.3) is 0 Å². The minimum absolute atomic E-state index is 0.0295. The zero-order valence-electron chi connectivity index (χ0n) is 16.4. The zero-order valence-corrected chi connectivity index (χ0v) is 16.4. The van der Waals surface area contributed by atoms with E-state index < -0.39 is 0 Å². The molecule has 2 aromatic carbocycles. The van der Waals surface area contributed by atoms with Crippen molar-refractivity contribution >= 4 is 23.2 Å². The topological polar surface area (TPSA) is 71.1 Å². The van der Waals surface area contributed by atoms with Gasteiger partial charge in [0.05, 0.1) is 19.9 Å². The number of Topliss-reactive ketones (excluding diaryl/α,β-unsaturated/α-hetero) is 1. The molecule has 7 nitrogen and oxygen atoms in total. The Kier molecular flexibility index (Phi) is 6.03. The molecule has 1 saturated heterocycles. The highest BCUT2D eigenvalue weighted by Crippen LogP contribution is 2.32. The Hall–Kier alpha value is -3.22. The van der Waals surface area contributed by atoms with Crippen LogP contribution in [0.5, 0.6) is 11.5 Å². The van der Waals surface area contributed by atoms with E-state index in [4.69, 9.17) is 9.47 Å². The lowest BCUT2D eigenvalue weighted by molar-refractivity contribution is 0.101. The van der Waals surface area contributed by atoms with Crippen LogP contribution >= 0.6 is 0 Å². The van der Waals surface area contributed by atoms with Crippen LogP contribution in [0.4, 0.5) is 16.2 Å². The summed E-state index contributed by atoms with van der Waals surface area (Å²) in [6.45, 7) is 4.08. The monoisotopic (exact) mass is 383 g/mol. The molecule has 148 valence electrons. The Morgan fingerprint density at radius 2 is 1.71 bits per heavy atom. The summed E-state index contributed by atoms with van der Waals surface area (Å²) in [6, 6.07) is 12.5. The van der Waals surface area contributed by atoms with Crippen molar-refractivity contribution in [3.05, 3.63) is 48.0 Å². The molecule has 7 heteroatoms. The average Bonchev–Trinajstić information content (AvgIpc) is 2.73. The number of ether oxygens (including phenoxy) is 2. The maximum Gasteiger partial charge on any atom is 0.321 e. The van der Waals surface area contributed by atoms with Gasteiger partial charge in [-0.3, -0.25) is 4.79 Å². The summed E-state index contributed by atoms with van der Waals surface area (Å²) in [7, 11) is 3.26. The highest BCUT2D eigenvalue weighted by atomic mass is 16.5. The number of ketones is 1. The standard InChI is InChI=1S/C21H25N3O4/c1-15(25)16-5-4-6-17(13-16)22-21(26)24-11-9-23(10-12-24)19-8-7-18(27-2)14-20(19)28-3/h4-8,13-14H,9-12H2,1-3H3,(H,22,26). The first-order valence-electron chi connectivity index (χ1n) is 9.15. The van der Waals surface area contributed by atoms with Gasteiger partial charge in [-0.2, -0.15) is 0 Å². The number of anilines is 2. The minimum Gasteiger partial charge on any atom is -0.497 e. The van der Waals surface area contributed by atoms with E-state index in [0.717, 1.165) is 17.2 Å². The molecule has 1 fully saturated rings. The largest absolute Gasteiger partial charge is 0.497 e. The molecule has 0 spiro atoms. The lowest BCUT2D eigenvalue weighted by Gasteiger charge is -2.36. The summed E-state index contributed by atoms with van der Waals surface area (Å²) < 4.78 is 10.7. The summed E-state index contributed by atoms with van der Waals surface area (Å²) in [5.41, 5.74) is 2.18. The molecule has 3 rings (SSSR count). The Labute approximate surface area is 164 Å². The highest BCUT2D eigenvalue weighted by molar-refractivity contribution is 5.96. The number of piperazine rings is 1. The molecule has 1 aliphatic rings. The number of urea groups is 1. The molecule has 0 aromatic heterocycles. The number of hydrogen-bond donors (Lipinski definition) is 1. The van der Waals surface area contributed by atoms with Gasteiger partial charge in [0.15, 0.2) is 5.78 Å². The SMILES string of the molecule is COc1ccc(N2CCN(C(=O)Nc3cccc(C(C)=O)c3)CC2)c(OC)c1. The highest BCUT2D eigenvalue weighted by Gasteiger charge is 2.23. The fourth-order valence-electron chi connectivity index (χ4n) is 3.22. The number of carbonyl (C=O) groups excluding carboxylic acids is 2. The van der Waals surface area contributed by atoms with Gasteiger partial charge in [0.2, 0.25) is 0 Å². The van der Waals surface area contributed by atoms with Gasteiger partial charge in [0.25, 0.3) is 0 Å². The van der Waals surface area contributed by atoms with E-state index in [-0.39, 0.29) is 11.8 Å². The third kappa shape index (κ3) is 4.36. The van der Waals surface area contributed by atoms with Crippen LogP contribution in [0.2, 0.25) is 0 Å². The summed E-state index contributed by atoms with van der Waals surface area (Å²) in [6.07, 6.45) is 0. The van der Waals surface area contributed by atoms with Crippen molar-refractivity contribution in [1.82, 2.24) is 4.90 Å². The van der Waals surface area contributed by atoms with Crippen LogP contribution in [0.1, 0.15) is 17.3 Å². The van der Waals surface area contributed by atoms with E-state index in [1.165, 1.54) is 6.92 Å². The molecule has 0 saturated carbocycles. The van der Waals surface area contributed by atoms with Crippen molar-refractivity contribution in [2.75, 3.05) is 50.6 Å². The van der Waals surface area contributed by atoms with E-state index in [0.29, 0.717) is 37.4 Å². The van der Waals surface area contributed by atoms with Gasteiger partial charge in [0, 0.05) is 43.5 Å². The first-order chi connectivity index (χ1) is 13.5. The smallest absolute Gasteiger partial charge is 0.321 e. The van der Waals surface area contributed by atoms with Gasteiger partial charge in [-0.1, -0.05) is 12.1 Å². The van der Waals surface area contributed by atoms with E-state index >= 15 is 0 Å².